The van der Waals surface area contributed by atoms with Crippen molar-refractivity contribution in [2.45, 2.75) is 31.8 Å². The van der Waals surface area contributed by atoms with E-state index in [1.165, 1.54) is 5.56 Å². The summed E-state index contributed by atoms with van der Waals surface area (Å²) in [5, 5.41) is 3.31. The first-order chi connectivity index (χ1) is 10.0. The van der Waals surface area contributed by atoms with Crippen LogP contribution in [0.3, 0.4) is 0 Å². The first kappa shape index (κ1) is 16.0. The minimum absolute atomic E-state index is 0.169. The number of nitrogens with one attached hydrogen (secondary N) is 1. The highest BCUT2D eigenvalue weighted by Gasteiger charge is 2.22. The summed E-state index contributed by atoms with van der Waals surface area (Å²) in [6.45, 7) is 3.98. The van der Waals surface area contributed by atoms with Crippen LogP contribution < -0.4 is 5.32 Å². The van der Waals surface area contributed by atoms with Crippen molar-refractivity contribution in [3.05, 3.63) is 35.4 Å². The lowest BCUT2D eigenvalue weighted by atomic mass is 9.98. The van der Waals surface area contributed by atoms with Gasteiger partial charge in [-0.3, -0.25) is 4.79 Å². The van der Waals surface area contributed by atoms with E-state index in [0.717, 1.165) is 31.5 Å². The Morgan fingerprint density at radius 2 is 1.76 bits per heavy atom. The molecule has 4 heteroatoms. The van der Waals surface area contributed by atoms with Gasteiger partial charge >= 0.3 is 0 Å². The minimum atomic E-state index is 0.169. The first-order valence-corrected chi connectivity index (χ1v) is 7.77. The van der Waals surface area contributed by atoms with Crippen LogP contribution in [0.2, 0.25) is 0 Å². The van der Waals surface area contributed by atoms with E-state index in [2.05, 4.69) is 43.4 Å². The van der Waals surface area contributed by atoms with E-state index in [1.807, 2.05) is 24.1 Å². The van der Waals surface area contributed by atoms with Crippen molar-refractivity contribution in [1.82, 2.24) is 15.1 Å². The second-order valence-corrected chi connectivity index (χ2v) is 6.11. The van der Waals surface area contributed by atoms with Crippen molar-refractivity contribution in [3.63, 3.8) is 0 Å². The van der Waals surface area contributed by atoms with Gasteiger partial charge in [0.1, 0.15) is 0 Å². The largest absolute Gasteiger partial charge is 0.339 e. The van der Waals surface area contributed by atoms with Crippen molar-refractivity contribution >= 4 is 5.91 Å². The van der Waals surface area contributed by atoms with Crippen molar-refractivity contribution in [2.75, 3.05) is 34.2 Å². The van der Waals surface area contributed by atoms with Crippen molar-refractivity contribution < 1.29 is 4.79 Å². The van der Waals surface area contributed by atoms with E-state index in [0.29, 0.717) is 12.1 Å². The maximum Gasteiger partial charge on any atom is 0.253 e. The lowest BCUT2D eigenvalue weighted by Crippen LogP contribution is -2.37. The molecule has 21 heavy (non-hydrogen) atoms. The molecule has 1 aliphatic heterocycles. The molecule has 1 aromatic rings. The number of nitrogens with zero attached hydrogens (tertiary/aromatic N) is 2. The van der Waals surface area contributed by atoms with Gasteiger partial charge in [0.25, 0.3) is 5.91 Å². The highest BCUT2D eigenvalue weighted by molar-refractivity contribution is 5.94. The smallest absolute Gasteiger partial charge is 0.253 e. The molecule has 2 atom stereocenters. The molecule has 1 saturated heterocycles. The van der Waals surface area contributed by atoms with Crippen LogP contribution in [0, 0.1) is 0 Å². The molecule has 4 nitrogen and oxygen atoms in total. The quantitative estimate of drug-likeness (QED) is 0.902. The van der Waals surface area contributed by atoms with Crippen LogP contribution in [0.4, 0.5) is 0 Å². The Morgan fingerprint density at radius 3 is 2.24 bits per heavy atom. The number of hydrogen-bond acceptors (Lipinski definition) is 3. The predicted octanol–water partition coefficient (Wildman–Crippen LogP) is 2.13. The highest BCUT2D eigenvalue weighted by atomic mass is 16.2. The summed E-state index contributed by atoms with van der Waals surface area (Å²) in [5.74, 6) is 0.169. The summed E-state index contributed by atoms with van der Waals surface area (Å²) >= 11 is 0. The molecule has 1 amide bonds. The second kappa shape index (κ2) is 7.05. The molecule has 0 saturated carbocycles. The Bertz CT molecular complexity index is 463. The van der Waals surface area contributed by atoms with Gasteiger partial charge in [-0.1, -0.05) is 12.1 Å². The highest BCUT2D eigenvalue weighted by Crippen LogP contribution is 2.23. The van der Waals surface area contributed by atoms with Gasteiger partial charge in [-0.15, -0.1) is 0 Å². The third kappa shape index (κ3) is 3.63. The maximum absolute atomic E-state index is 12.4. The Labute approximate surface area is 128 Å². The molecule has 116 valence electrons. The Balaban J connectivity index is 2.15. The molecule has 0 radical (unpaired) electrons. The molecular weight excluding hydrogens is 262 g/mol. The molecule has 0 aromatic heterocycles. The monoisotopic (exact) mass is 289 g/mol. The lowest BCUT2D eigenvalue weighted by Gasteiger charge is -2.30. The summed E-state index contributed by atoms with van der Waals surface area (Å²) in [5.41, 5.74) is 2.04. The average molecular weight is 289 g/mol. The van der Waals surface area contributed by atoms with Gasteiger partial charge in [-0.2, -0.15) is 0 Å². The van der Waals surface area contributed by atoms with Crippen LogP contribution in [0.1, 0.15) is 41.7 Å². The van der Waals surface area contributed by atoms with E-state index in [4.69, 9.17) is 0 Å². The molecule has 1 heterocycles. The van der Waals surface area contributed by atoms with Crippen LogP contribution in [0.15, 0.2) is 24.3 Å². The van der Waals surface area contributed by atoms with Crippen LogP contribution >= 0.6 is 0 Å². The van der Waals surface area contributed by atoms with E-state index in [9.17, 15) is 4.79 Å². The summed E-state index contributed by atoms with van der Waals surface area (Å²) in [6.07, 6.45) is 2.26. The van der Waals surface area contributed by atoms with Crippen LogP contribution in [-0.4, -0.2) is 56.0 Å². The van der Waals surface area contributed by atoms with Crippen molar-refractivity contribution in [3.8, 4) is 0 Å². The Morgan fingerprint density at radius 1 is 1.19 bits per heavy atom. The summed E-state index contributed by atoms with van der Waals surface area (Å²) in [4.78, 5) is 16.5. The molecule has 0 bridgehead atoms. The topological polar surface area (TPSA) is 35.6 Å². The second-order valence-electron chi connectivity index (χ2n) is 6.11. The maximum atomic E-state index is 12.4. The average Bonchev–Trinajstić information content (AvgIpc) is 3.01. The van der Waals surface area contributed by atoms with Gasteiger partial charge in [0, 0.05) is 30.7 Å². The van der Waals surface area contributed by atoms with E-state index >= 15 is 0 Å². The molecule has 0 aliphatic carbocycles. The zero-order valence-corrected chi connectivity index (χ0v) is 13.6. The minimum Gasteiger partial charge on any atom is -0.339 e. The third-order valence-electron chi connectivity index (χ3n) is 4.38. The number of hydrogen-bond donors (Lipinski definition) is 1. The van der Waals surface area contributed by atoms with Crippen LogP contribution in [-0.2, 0) is 0 Å². The lowest BCUT2D eigenvalue weighted by molar-refractivity contribution is 0.0793. The van der Waals surface area contributed by atoms with Crippen LogP contribution in [0.25, 0.3) is 0 Å². The fraction of sp³-hybridized carbons (Fsp3) is 0.588. The number of carbonyl (C=O) groups excluding carboxylic acids is 1. The first-order valence-electron chi connectivity index (χ1n) is 7.77. The van der Waals surface area contributed by atoms with Crippen LogP contribution in [0.5, 0.6) is 0 Å². The molecular formula is C17H27N3O. The summed E-state index contributed by atoms with van der Waals surface area (Å²) in [6, 6.07) is 8.75. The molecule has 1 aromatic carbocycles. The zero-order chi connectivity index (χ0) is 15.4. The molecule has 0 spiro atoms. The van der Waals surface area contributed by atoms with Gasteiger partial charge in [-0.25, -0.2) is 0 Å². The van der Waals surface area contributed by atoms with E-state index in [1.54, 1.807) is 0 Å². The fourth-order valence-corrected chi connectivity index (χ4v) is 3.12. The van der Waals surface area contributed by atoms with E-state index < -0.39 is 0 Å². The molecule has 1 aliphatic rings. The zero-order valence-electron chi connectivity index (χ0n) is 13.6. The predicted molar refractivity (Wildman–Crippen MR) is 86.5 cm³/mol. The summed E-state index contributed by atoms with van der Waals surface area (Å²) < 4.78 is 0. The fourth-order valence-electron chi connectivity index (χ4n) is 3.12. The van der Waals surface area contributed by atoms with Gasteiger partial charge < -0.3 is 15.1 Å². The summed E-state index contributed by atoms with van der Waals surface area (Å²) in [7, 11) is 6.15. The molecule has 0 unspecified atom stereocenters. The Kier molecular flexibility index (Phi) is 5.37. The molecule has 1 N–H and O–H groups in total. The number of carbonyl (C=O) groups is 1. The SMILES string of the molecule is CN[C@@H](C)[C@H](c1ccc(C(=O)N2CCCC2)cc1)N(C)C. The number of rotatable bonds is 5. The number of benzene rings is 1. The van der Waals surface area contributed by atoms with Gasteiger partial charge in [0.2, 0.25) is 0 Å². The normalized spacial score (nSPS) is 18.0. The van der Waals surface area contributed by atoms with Crippen molar-refractivity contribution in [2.24, 2.45) is 0 Å². The van der Waals surface area contributed by atoms with E-state index in [-0.39, 0.29) is 5.91 Å². The third-order valence-corrected chi connectivity index (χ3v) is 4.38. The number of likely N-dealkylation sites (tertiary alicyclic amines) is 1. The standard InChI is InChI=1S/C17H27N3O/c1-13(18-2)16(19(3)4)14-7-9-15(10-8-14)17(21)20-11-5-6-12-20/h7-10,13,16,18H,5-6,11-12H2,1-4H3/t13-,16+/m0/s1. The van der Waals surface area contributed by atoms with Gasteiger partial charge in [-0.05, 0) is 58.6 Å². The Hall–Kier alpha value is -1.39. The molecule has 2 rings (SSSR count). The van der Waals surface area contributed by atoms with Crippen molar-refractivity contribution in [1.29, 1.82) is 0 Å². The number of likely N-dealkylation sites (N-methyl/N-ethyl adjacent to an activating group) is 2. The molecule has 1 fully saturated rings. The number of amides is 1. The van der Waals surface area contributed by atoms with Gasteiger partial charge in [0.05, 0.1) is 0 Å². The van der Waals surface area contributed by atoms with Gasteiger partial charge in [0.15, 0.2) is 0 Å².